The van der Waals surface area contributed by atoms with Gasteiger partial charge in [0, 0.05) is 30.7 Å². The fraction of sp³-hybridized carbons (Fsp3) is 0.304. The van der Waals surface area contributed by atoms with Crippen molar-refractivity contribution in [3.05, 3.63) is 74.6 Å². The van der Waals surface area contributed by atoms with E-state index < -0.39 is 0 Å². The van der Waals surface area contributed by atoms with Crippen LogP contribution in [0.5, 0.6) is 0 Å². The Kier molecular flexibility index (Phi) is 6.07. The molecule has 2 aromatic carbocycles. The van der Waals surface area contributed by atoms with Crippen LogP contribution in [0.25, 0.3) is 11.3 Å². The van der Waals surface area contributed by atoms with Gasteiger partial charge in [-0.25, -0.2) is 4.98 Å². The van der Waals surface area contributed by atoms with E-state index >= 15 is 0 Å². The minimum Gasteiger partial charge on any atom is -0.466 e. The van der Waals surface area contributed by atoms with Crippen molar-refractivity contribution < 1.29 is 9.53 Å². The third kappa shape index (κ3) is 5.04. The summed E-state index contributed by atoms with van der Waals surface area (Å²) in [6.07, 6.45) is 1.59. The van der Waals surface area contributed by atoms with Crippen molar-refractivity contribution in [3.8, 4) is 11.3 Å². The number of aryl methyl sites for hydroxylation is 3. The Bertz CT molecular complexity index is 942. The molecule has 1 heterocycles. The molecule has 0 saturated heterocycles. The summed E-state index contributed by atoms with van der Waals surface area (Å²) >= 11 is 1.71. The van der Waals surface area contributed by atoms with Gasteiger partial charge < -0.3 is 4.74 Å². The molecular weight excluding hydrogens is 354 g/mol. The molecule has 0 bridgehead atoms. The number of rotatable bonds is 6. The van der Waals surface area contributed by atoms with E-state index in [0.717, 1.165) is 29.1 Å². The monoisotopic (exact) mass is 379 g/mol. The lowest BCUT2D eigenvalue weighted by atomic mass is 9.96. The molecule has 4 heteroatoms. The number of nitrogens with zero attached hydrogens (tertiary/aromatic N) is 1. The zero-order valence-corrected chi connectivity index (χ0v) is 17.2. The van der Waals surface area contributed by atoms with Crippen LogP contribution in [0, 0.1) is 20.8 Å². The molecule has 0 aliphatic carbocycles. The van der Waals surface area contributed by atoms with E-state index in [1.165, 1.54) is 34.7 Å². The predicted octanol–water partition coefficient (Wildman–Crippen LogP) is 5.43. The van der Waals surface area contributed by atoms with E-state index in [1.54, 1.807) is 11.3 Å². The van der Waals surface area contributed by atoms with Crippen LogP contribution >= 0.6 is 11.3 Å². The fourth-order valence-corrected chi connectivity index (χ4v) is 3.94. The quantitative estimate of drug-likeness (QED) is 0.536. The number of thiazole rings is 1. The third-order valence-electron chi connectivity index (χ3n) is 4.71. The van der Waals surface area contributed by atoms with Crippen molar-refractivity contribution in [1.29, 1.82) is 0 Å². The average molecular weight is 380 g/mol. The maximum Gasteiger partial charge on any atom is 0.302 e. The minimum absolute atomic E-state index is 0.228. The summed E-state index contributed by atoms with van der Waals surface area (Å²) in [5, 5.41) is 3.26. The number of hydrogen-bond acceptors (Lipinski definition) is 4. The molecule has 0 fully saturated rings. The van der Waals surface area contributed by atoms with Crippen LogP contribution in [0.2, 0.25) is 0 Å². The number of hydrogen-bond donors (Lipinski definition) is 0. The van der Waals surface area contributed by atoms with Crippen LogP contribution in [-0.2, 0) is 22.4 Å². The highest BCUT2D eigenvalue weighted by Crippen LogP contribution is 2.26. The highest BCUT2D eigenvalue weighted by atomic mass is 32.1. The van der Waals surface area contributed by atoms with Gasteiger partial charge in [0.15, 0.2) is 0 Å². The SMILES string of the molecule is CC(=O)OCCc1cc(C)c(Cc2nc(-c3ccc(C)cc3)cs2)cc1C. The molecule has 0 unspecified atom stereocenters. The van der Waals surface area contributed by atoms with E-state index in [1.807, 2.05) is 0 Å². The smallest absolute Gasteiger partial charge is 0.302 e. The maximum atomic E-state index is 10.9. The topological polar surface area (TPSA) is 39.2 Å². The summed E-state index contributed by atoms with van der Waals surface area (Å²) in [6, 6.07) is 12.9. The molecular formula is C23H25NO2S. The van der Waals surface area contributed by atoms with Crippen LogP contribution in [0.4, 0.5) is 0 Å². The number of carbonyl (C=O) groups is 1. The summed E-state index contributed by atoms with van der Waals surface area (Å²) < 4.78 is 5.07. The van der Waals surface area contributed by atoms with Crippen LogP contribution < -0.4 is 0 Å². The molecule has 3 rings (SSSR count). The highest BCUT2D eigenvalue weighted by molar-refractivity contribution is 7.10. The lowest BCUT2D eigenvalue weighted by Gasteiger charge is -2.12. The van der Waals surface area contributed by atoms with Gasteiger partial charge in [-0.05, 0) is 43.0 Å². The molecule has 3 aromatic rings. The molecule has 0 aliphatic rings. The van der Waals surface area contributed by atoms with E-state index in [2.05, 4.69) is 62.5 Å². The molecule has 0 N–H and O–H groups in total. The van der Waals surface area contributed by atoms with Gasteiger partial charge in [0.2, 0.25) is 0 Å². The molecule has 0 aliphatic heterocycles. The van der Waals surface area contributed by atoms with Crippen molar-refractivity contribution in [1.82, 2.24) is 4.98 Å². The predicted molar refractivity (Wildman–Crippen MR) is 111 cm³/mol. The Labute approximate surface area is 165 Å². The van der Waals surface area contributed by atoms with Gasteiger partial charge in [-0.3, -0.25) is 4.79 Å². The van der Waals surface area contributed by atoms with Crippen molar-refractivity contribution >= 4 is 17.3 Å². The van der Waals surface area contributed by atoms with Crippen LogP contribution in [-0.4, -0.2) is 17.6 Å². The number of benzene rings is 2. The van der Waals surface area contributed by atoms with Crippen LogP contribution in [0.15, 0.2) is 41.8 Å². The molecule has 140 valence electrons. The molecule has 0 amide bonds. The highest BCUT2D eigenvalue weighted by Gasteiger charge is 2.10. The second-order valence-corrected chi connectivity index (χ2v) is 7.91. The fourth-order valence-electron chi connectivity index (χ4n) is 3.11. The normalized spacial score (nSPS) is 10.8. The lowest BCUT2D eigenvalue weighted by molar-refractivity contribution is -0.140. The standard InChI is InChI=1S/C23H25NO2S/c1-15-5-7-19(8-6-15)22-14-27-23(24-22)13-21-12-16(2)20(11-17(21)3)9-10-26-18(4)25/h5-8,11-12,14H,9-10,13H2,1-4H3. The second-order valence-electron chi connectivity index (χ2n) is 6.96. The Morgan fingerprint density at radius 3 is 2.41 bits per heavy atom. The molecule has 1 aromatic heterocycles. The number of ether oxygens (including phenoxy) is 1. The summed E-state index contributed by atoms with van der Waals surface area (Å²) in [7, 11) is 0. The first kappa shape index (κ1) is 19.3. The van der Waals surface area contributed by atoms with Crippen molar-refractivity contribution in [2.75, 3.05) is 6.61 Å². The maximum absolute atomic E-state index is 10.9. The lowest BCUT2D eigenvalue weighted by Crippen LogP contribution is -2.05. The Balaban J connectivity index is 1.73. The van der Waals surface area contributed by atoms with Crippen LogP contribution in [0.3, 0.4) is 0 Å². The molecule has 27 heavy (non-hydrogen) atoms. The van der Waals surface area contributed by atoms with Gasteiger partial charge in [-0.2, -0.15) is 0 Å². The van der Waals surface area contributed by atoms with Gasteiger partial charge in [0.1, 0.15) is 0 Å². The number of aromatic nitrogens is 1. The number of carbonyl (C=O) groups excluding carboxylic acids is 1. The number of esters is 1. The van der Waals surface area contributed by atoms with Gasteiger partial charge in [-0.15, -0.1) is 11.3 Å². The van der Waals surface area contributed by atoms with Gasteiger partial charge in [0.05, 0.1) is 17.3 Å². The molecule has 0 radical (unpaired) electrons. The first-order valence-corrected chi connectivity index (χ1v) is 10.0. The first-order valence-electron chi connectivity index (χ1n) is 9.16. The Morgan fingerprint density at radius 2 is 1.70 bits per heavy atom. The van der Waals surface area contributed by atoms with Gasteiger partial charge in [-0.1, -0.05) is 42.0 Å². The van der Waals surface area contributed by atoms with Crippen molar-refractivity contribution in [2.24, 2.45) is 0 Å². The van der Waals surface area contributed by atoms with Crippen molar-refractivity contribution in [2.45, 2.75) is 40.5 Å². The zero-order valence-electron chi connectivity index (χ0n) is 16.3. The molecule has 0 atom stereocenters. The third-order valence-corrected chi connectivity index (χ3v) is 5.56. The summed E-state index contributed by atoms with van der Waals surface area (Å²) in [5.74, 6) is -0.228. The van der Waals surface area contributed by atoms with E-state index in [9.17, 15) is 4.79 Å². The van der Waals surface area contributed by atoms with E-state index in [-0.39, 0.29) is 5.97 Å². The van der Waals surface area contributed by atoms with Crippen molar-refractivity contribution in [3.63, 3.8) is 0 Å². The van der Waals surface area contributed by atoms with E-state index in [0.29, 0.717) is 6.61 Å². The molecule has 3 nitrogen and oxygen atoms in total. The Hall–Kier alpha value is -2.46. The molecule has 0 spiro atoms. The largest absolute Gasteiger partial charge is 0.466 e. The van der Waals surface area contributed by atoms with Gasteiger partial charge in [0.25, 0.3) is 0 Å². The summed E-state index contributed by atoms with van der Waals surface area (Å²) in [5.41, 5.74) is 8.49. The first-order chi connectivity index (χ1) is 12.9. The van der Waals surface area contributed by atoms with E-state index in [4.69, 9.17) is 9.72 Å². The van der Waals surface area contributed by atoms with Crippen LogP contribution in [0.1, 0.15) is 39.7 Å². The summed E-state index contributed by atoms with van der Waals surface area (Å²) in [6.45, 7) is 8.23. The second kappa shape index (κ2) is 8.49. The summed E-state index contributed by atoms with van der Waals surface area (Å²) in [4.78, 5) is 15.8. The zero-order chi connectivity index (χ0) is 19.4. The molecule has 0 saturated carbocycles. The average Bonchev–Trinajstić information content (AvgIpc) is 3.08. The van der Waals surface area contributed by atoms with Gasteiger partial charge >= 0.3 is 5.97 Å². The minimum atomic E-state index is -0.228. The Morgan fingerprint density at radius 1 is 1.04 bits per heavy atom.